The molecule has 0 unspecified atom stereocenters. The summed E-state index contributed by atoms with van der Waals surface area (Å²) in [6.07, 6.45) is 0. The van der Waals surface area contributed by atoms with Crippen molar-refractivity contribution < 1.29 is 4.92 Å². The third-order valence-corrected chi connectivity index (χ3v) is 3.84. The van der Waals surface area contributed by atoms with Crippen LogP contribution in [0.2, 0.25) is 0 Å². The minimum absolute atomic E-state index is 0.107. The lowest BCUT2D eigenvalue weighted by atomic mass is 10.1. The van der Waals surface area contributed by atoms with Crippen molar-refractivity contribution in [2.45, 2.75) is 6.04 Å². The van der Waals surface area contributed by atoms with Gasteiger partial charge in [0.1, 0.15) is 5.69 Å². The molecule has 5 nitrogen and oxygen atoms in total. The maximum absolute atomic E-state index is 11.0. The standard InChI is InChI=1S/C14H17N3O2S/c1-16(2)14(11-7-8-20-10-11)9-15-12-5-3-4-6-13(12)17(18)19/h3-8,10,14-15H,9H2,1-2H3/t14-/m1/s1. The Balaban J connectivity index is 2.13. The van der Waals surface area contributed by atoms with E-state index in [-0.39, 0.29) is 16.7 Å². The van der Waals surface area contributed by atoms with Crippen LogP contribution >= 0.6 is 11.3 Å². The average molecular weight is 291 g/mol. The van der Waals surface area contributed by atoms with Crippen LogP contribution < -0.4 is 5.32 Å². The zero-order valence-corrected chi connectivity index (χ0v) is 12.3. The number of rotatable bonds is 6. The second kappa shape index (κ2) is 6.49. The molecule has 0 aliphatic carbocycles. The van der Waals surface area contributed by atoms with Crippen LogP contribution in [0.15, 0.2) is 41.1 Å². The first-order valence-electron chi connectivity index (χ1n) is 6.25. The summed E-state index contributed by atoms with van der Waals surface area (Å²) in [7, 11) is 4.01. The highest BCUT2D eigenvalue weighted by atomic mass is 32.1. The second-order valence-corrected chi connectivity index (χ2v) is 5.47. The summed E-state index contributed by atoms with van der Waals surface area (Å²) >= 11 is 1.65. The molecule has 0 aliphatic heterocycles. The molecule has 0 aliphatic rings. The molecule has 2 aromatic rings. The fourth-order valence-corrected chi connectivity index (χ4v) is 2.76. The van der Waals surface area contributed by atoms with Gasteiger partial charge in [-0.1, -0.05) is 12.1 Å². The number of hydrogen-bond donors (Lipinski definition) is 1. The smallest absolute Gasteiger partial charge is 0.292 e. The molecule has 1 atom stereocenters. The molecule has 0 spiro atoms. The van der Waals surface area contributed by atoms with Gasteiger partial charge in [-0.25, -0.2) is 0 Å². The Bertz CT molecular complexity index is 570. The van der Waals surface area contributed by atoms with Crippen LogP contribution in [0.5, 0.6) is 0 Å². The Morgan fingerprint density at radius 2 is 2.10 bits per heavy atom. The van der Waals surface area contributed by atoms with Crippen molar-refractivity contribution in [2.75, 3.05) is 26.0 Å². The van der Waals surface area contributed by atoms with Crippen LogP contribution in [-0.2, 0) is 0 Å². The number of nitro benzene ring substituents is 1. The fourth-order valence-electron chi connectivity index (χ4n) is 2.05. The van der Waals surface area contributed by atoms with E-state index in [1.165, 1.54) is 11.6 Å². The lowest BCUT2D eigenvalue weighted by molar-refractivity contribution is -0.384. The summed E-state index contributed by atoms with van der Waals surface area (Å²) in [6.45, 7) is 0.620. The number of nitro groups is 1. The Labute approximate surface area is 122 Å². The maximum Gasteiger partial charge on any atom is 0.292 e. The average Bonchev–Trinajstić information content (AvgIpc) is 2.92. The Morgan fingerprint density at radius 3 is 2.70 bits per heavy atom. The number of likely N-dealkylation sites (N-methyl/N-ethyl adjacent to an activating group) is 1. The second-order valence-electron chi connectivity index (χ2n) is 4.69. The van der Waals surface area contributed by atoms with E-state index in [2.05, 4.69) is 21.7 Å². The van der Waals surface area contributed by atoms with Crippen molar-refractivity contribution in [3.05, 3.63) is 56.8 Å². The molecule has 6 heteroatoms. The fraction of sp³-hybridized carbons (Fsp3) is 0.286. The number of nitrogens with zero attached hydrogens (tertiary/aromatic N) is 2. The van der Waals surface area contributed by atoms with E-state index in [0.29, 0.717) is 12.2 Å². The van der Waals surface area contributed by atoms with Crippen molar-refractivity contribution in [2.24, 2.45) is 0 Å². The maximum atomic E-state index is 11.0. The Morgan fingerprint density at radius 1 is 1.35 bits per heavy atom. The van der Waals surface area contributed by atoms with Gasteiger partial charge in [0, 0.05) is 12.6 Å². The molecule has 1 aromatic heterocycles. The highest BCUT2D eigenvalue weighted by Crippen LogP contribution is 2.26. The van der Waals surface area contributed by atoms with E-state index in [4.69, 9.17) is 0 Å². The van der Waals surface area contributed by atoms with Gasteiger partial charge in [0.05, 0.1) is 11.0 Å². The lowest BCUT2D eigenvalue weighted by Gasteiger charge is -2.24. The van der Waals surface area contributed by atoms with E-state index in [9.17, 15) is 10.1 Å². The Kier molecular flexibility index (Phi) is 4.70. The molecular weight excluding hydrogens is 274 g/mol. The third-order valence-electron chi connectivity index (χ3n) is 3.14. The van der Waals surface area contributed by atoms with Crippen LogP contribution in [0.3, 0.4) is 0 Å². The first kappa shape index (κ1) is 14.5. The quantitative estimate of drug-likeness (QED) is 0.655. The summed E-state index contributed by atoms with van der Waals surface area (Å²) in [4.78, 5) is 12.7. The monoisotopic (exact) mass is 291 g/mol. The zero-order chi connectivity index (χ0) is 14.5. The molecule has 20 heavy (non-hydrogen) atoms. The summed E-state index contributed by atoms with van der Waals surface area (Å²) < 4.78 is 0. The lowest BCUT2D eigenvalue weighted by Crippen LogP contribution is -2.26. The van der Waals surface area contributed by atoms with Crippen LogP contribution in [0.1, 0.15) is 11.6 Å². The van der Waals surface area contributed by atoms with Gasteiger partial charge in [-0.15, -0.1) is 0 Å². The van der Waals surface area contributed by atoms with Gasteiger partial charge in [-0.3, -0.25) is 10.1 Å². The normalized spacial score (nSPS) is 12.3. The van der Waals surface area contributed by atoms with Crippen molar-refractivity contribution in [3.8, 4) is 0 Å². The summed E-state index contributed by atoms with van der Waals surface area (Å²) in [5.41, 5.74) is 1.88. The molecule has 1 aromatic carbocycles. The van der Waals surface area contributed by atoms with E-state index in [1.54, 1.807) is 29.5 Å². The Hall–Kier alpha value is -1.92. The van der Waals surface area contributed by atoms with E-state index < -0.39 is 0 Å². The first-order chi connectivity index (χ1) is 9.59. The SMILES string of the molecule is CN(C)[C@H](CNc1ccccc1[N+](=O)[O-])c1ccsc1. The molecule has 0 saturated heterocycles. The minimum atomic E-state index is -0.364. The summed E-state index contributed by atoms with van der Waals surface area (Å²) in [5.74, 6) is 0. The van der Waals surface area contributed by atoms with Gasteiger partial charge in [0.25, 0.3) is 5.69 Å². The molecule has 0 saturated carbocycles. The molecular formula is C14H17N3O2S. The molecule has 0 fully saturated rings. The predicted octanol–water partition coefficient (Wildman–Crippen LogP) is 3.37. The van der Waals surface area contributed by atoms with E-state index in [0.717, 1.165) is 0 Å². The molecule has 106 valence electrons. The molecule has 1 heterocycles. The number of para-hydroxylation sites is 2. The minimum Gasteiger partial charge on any atom is -0.378 e. The van der Waals surface area contributed by atoms with Gasteiger partial charge in [-0.05, 0) is 42.6 Å². The highest BCUT2D eigenvalue weighted by molar-refractivity contribution is 7.07. The van der Waals surface area contributed by atoms with Crippen molar-refractivity contribution >= 4 is 22.7 Å². The topological polar surface area (TPSA) is 58.4 Å². The highest BCUT2D eigenvalue weighted by Gasteiger charge is 2.17. The molecule has 0 bridgehead atoms. The third kappa shape index (κ3) is 3.34. The number of hydrogen-bond acceptors (Lipinski definition) is 5. The molecule has 2 rings (SSSR count). The predicted molar refractivity (Wildman–Crippen MR) is 82.3 cm³/mol. The first-order valence-corrected chi connectivity index (χ1v) is 7.19. The van der Waals surface area contributed by atoms with Crippen molar-refractivity contribution in [3.63, 3.8) is 0 Å². The van der Waals surface area contributed by atoms with Gasteiger partial charge >= 0.3 is 0 Å². The summed E-state index contributed by atoms with van der Waals surface area (Å²) in [6, 6.07) is 8.98. The van der Waals surface area contributed by atoms with Crippen LogP contribution in [0.25, 0.3) is 0 Å². The van der Waals surface area contributed by atoms with Gasteiger partial charge < -0.3 is 10.2 Å². The van der Waals surface area contributed by atoms with Crippen LogP contribution in [0, 0.1) is 10.1 Å². The van der Waals surface area contributed by atoms with Crippen LogP contribution in [0.4, 0.5) is 11.4 Å². The molecule has 0 amide bonds. The van der Waals surface area contributed by atoms with Gasteiger partial charge in [-0.2, -0.15) is 11.3 Å². The number of thiophene rings is 1. The van der Waals surface area contributed by atoms with Crippen molar-refractivity contribution in [1.29, 1.82) is 0 Å². The van der Waals surface area contributed by atoms with Crippen LogP contribution in [-0.4, -0.2) is 30.5 Å². The van der Waals surface area contributed by atoms with E-state index in [1.807, 2.05) is 19.5 Å². The zero-order valence-electron chi connectivity index (χ0n) is 11.4. The number of anilines is 1. The molecule has 1 N–H and O–H groups in total. The number of nitrogens with one attached hydrogen (secondary N) is 1. The molecule has 0 radical (unpaired) electrons. The van der Waals surface area contributed by atoms with Crippen molar-refractivity contribution in [1.82, 2.24) is 4.90 Å². The van der Waals surface area contributed by atoms with Gasteiger partial charge in [0.2, 0.25) is 0 Å². The summed E-state index contributed by atoms with van der Waals surface area (Å²) in [5, 5.41) is 18.3. The number of benzene rings is 1. The van der Waals surface area contributed by atoms with E-state index >= 15 is 0 Å². The largest absolute Gasteiger partial charge is 0.378 e. The van der Waals surface area contributed by atoms with Gasteiger partial charge in [0.15, 0.2) is 0 Å².